The van der Waals surface area contributed by atoms with Crippen LogP contribution in [0.3, 0.4) is 0 Å². The van der Waals surface area contributed by atoms with E-state index in [2.05, 4.69) is 27.0 Å². The first-order valence-corrected chi connectivity index (χ1v) is 10.2. The molecule has 3 aromatic rings. The lowest BCUT2D eigenvalue weighted by atomic mass is 9.77. The number of rotatable bonds is 2. The number of carbonyl (C=O) groups is 1. The number of hydrogen-bond donors (Lipinski definition) is 1. The molecule has 1 atom stereocenters. The van der Waals surface area contributed by atoms with Gasteiger partial charge in [-0.3, -0.25) is 14.8 Å². The molecule has 6 nitrogen and oxygen atoms in total. The summed E-state index contributed by atoms with van der Waals surface area (Å²) in [6.07, 6.45) is 6.43. The molecular formula is C22H21ClN4O2. The molecule has 0 radical (unpaired) electrons. The summed E-state index contributed by atoms with van der Waals surface area (Å²) in [6.45, 7) is 2.30. The number of nitrogens with zero attached hydrogens (tertiary/aromatic N) is 4. The fourth-order valence-electron chi connectivity index (χ4n) is 4.63. The Morgan fingerprint density at radius 3 is 2.62 bits per heavy atom. The molecule has 3 heterocycles. The highest BCUT2D eigenvalue weighted by molar-refractivity contribution is 6.30. The van der Waals surface area contributed by atoms with Crippen molar-refractivity contribution in [3.63, 3.8) is 0 Å². The van der Waals surface area contributed by atoms with Crippen LogP contribution in [0.2, 0.25) is 5.02 Å². The molecule has 2 aromatic carbocycles. The number of aromatic hydroxyl groups is 1. The lowest BCUT2D eigenvalue weighted by Gasteiger charge is -2.58. The Bertz CT molecular complexity index is 1110. The maximum absolute atomic E-state index is 13.1. The largest absolute Gasteiger partial charge is 0.507 e. The van der Waals surface area contributed by atoms with Gasteiger partial charge in [-0.1, -0.05) is 11.6 Å². The quantitative estimate of drug-likeness (QED) is 0.697. The normalized spacial score (nSPS) is 21.4. The fourth-order valence-corrected chi connectivity index (χ4v) is 4.79. The van der Waals surface area contributed by atoms with Crippen LogP contribution in [0.1, 0.15) is 29.6 Å². The topological polar surface area (TPSA) is 69.6 Å². The van der Waals surface area contributed by atoms with Gasteiger partial charge in [0.2, 0.25) is 0 Å². The molecule has 2 fully saturated rings. The standard InChI is InChI=1S/C22H21ClN4O2/c23-15-2-4-17(20(28)12-15)21(29)26-10-1-6-22(14-26)7-11-27(22)16-3-5-18-19(13-16)25-9-8-24-18/h2-5,8-9,12-13,28H,1,6-7,10-11,14H2/t22-/m0/s1. The molecule has 2 aliphatic rings. The molecular weight excluding hydrogens is 388 g/mol. The highest BCUT2D eigenvalue weighted by Crippen LogP contribution is 2.43. The number of halogens is 1. The summed E-state index contributed by atoms with van der Waals surface area (Å²) in [7, 11) is 0. The van der Waals surface area contributed by atoms with Crippen LogP contribution in [-0.4, -0.2) is 51.1 Å². The molecule has 29 heavy (non-hydrogen) atoms. The van der Waals surface area contributed by atoms with Gasteiger partial charge in [0.1, 0.15) is 5.75 Å². The summed E-state index contributed by atoms with van der Waals surface area (Å²) in [6, 6.07) is 10.8. The van der Waals surface area contributed by atoms with Crippen molar-refractivity contribution in [3.05, 3.63) is 59.4 Å². The Balaban J connectivity index is 1.41. The van der Waals surface area contributed by atoms with Crippen molar-refractivity contribution in [1.82, 2.24) is 14.9 Å². The molecule has 0 bridgehead atoms. The first-order chi connectivity index (χ1) is 14.1. The minimum Gasteiger partial charge on any atom is -0.507 e. The average Bonchev–Trinajstić information content (AvgIpc) is 2.72. The van der Waals surface area contributed by atoms with Crippen molar-refractivity contribution >= 4 is 34.2 Å². The number of aromatic nitrogens is 2. The third kappa shape index (κ3) is 3.08. The second-order valence-electron chi connectivity index (χ2n) is 7.85. The van der Waals surface area contributed by atoms with E-state index in [-0.39, 0.29) is 17.2 Å². The second kappa shape index (κ2) is 6.88. The molecule has 1 amide bonds. The number of carbonyl (C=O) groups excluding carboxylic acids is 1. The molecule has 1 N–H and O–H groups in total. The molecule has 148 valence electrons. The van der Waals surface area contributed by atoms with E-state index in [4.69, 9.17) is 11.6 Å². The van der Waals surface area contributed by atoms with Gasteiger partial charge in [-0.25, -0.2) is 0 Å². The zero-order valence-corrected chi connectivity index (χ0v) is 16.6. The molecule has 5 rings (SSSR count). The smallest absolute Gasteiger partial charge is 0.257 e. The minimum atomic E-state index is -0.144. The van der Waals surface area contributed by atoms with Gasteiger partial charge < -0.3 is 14.9 Å². The van der Waals surface area contributed by atoms with Crippen LogP contribution in [0.4, 0.5) is 5.69 Å². The van der Waals surface area contributed by atoms with Crippen LogP contribution in [0.5, 0.6) is 5.75 Å². The van der Waals surface area contributed by atoms with Crippen molar-refractivity contribution in [1.29, 1.82) is 0 Å². The van der Waals surface area contributed by atoms with Gasteiger partial charge in [-0.05, 0) is 55.7 Å². The first kappa shape index (κ1) is 18.2. The van der Waals surface area contributed by atoms with Gasteiger partial charge in [-0.2, -0.15) is 0 Å². The predicted molar refractivity (Wildman–Crippen MR) is 112 cm³/mol. The number of hydrogen-bond acceptors (Lipinski definition) is 5. The van der Waals surface area contributed by atoms with Crippen LogP contribution in [0.15, 0.2) is 48.8 Å². The van der Waals surface area contributed by atoms with Crippen LogP contribution < -0.4 is 4.90 Å². The lowest BCUT2D eigenvalue weighted by molar-refractivity contribution is 0.0560. The van der Waals surface area contributed by atoms with Gasteiger partial charge in [-0.15, -0.1) is 0 Å². The number of anilines is 1. The maximum atomic E-state index is 13.1. The van der Waals surface area contributed by atoms with Crippen LogP contribution in [0.25, 0.3) is 11.0 Å². The van der Waals surface area contributed by atoms with Crippen molar-refractivity contribution in [2.45, 2.75) is 24.8 Å². The molecule has 0 saturated carbocycles. The molecule has 1 spiro atoms. The zero-order valence-electron chi connectivity index (χ0n) is 15.9. The number of piperidine rings is 1. The summed E-state index contributed by atoms with van der Waals surface area (Å²) in [5.74, 6) is -0.213. The average molecular weight is 409 g/mol. The van der Waals surface area contributed by atoms with Crippen molar-refractivity contribution in [2.24, 2.45) is 0 Å². The molecule has 0 aliphatic carbocycles. The number of likely N-dealkylation sites (tertiary alicyclic amines) is 1. The van der Waals surface area contributed by atoms with E-state index in [0.29, 0.717) is 23.7 Å². The van der Waals surface area contributed by atoms with Gasteiger partial charge in [0, 0.05) is 42.7 Å². The van der Waals surface area contributed by atoms with Gasteiger partial charge in [0.15, 0.2) is 0 Å². The highest BCUT2D eigenvalue weighted by atomic mass is 35.5. The third-order valence-corrected chi connectivity index (χ3v) is 6.41. The van der Waals surface area contributed by atoms with Gasteiger partial charge in [0.25, 0.3) is 5.91 Å². The lowest BCUT2D eigenvalue weighted by Crippen LogP contribution is -2.67. The Morgan fingerprint density at radius 2 is 1.86 bits per heavy atom. The van der Waals surface area contributed by atoms with E-state index < -0.39 is 0 Å². The SMILES string of the molecule is O=C(c1ccc(Cl)cc1O)N1CCC[C@]2(CCN2c2ccc3nccnc3c2)C1. The Hall–Kier alpha value is -2.86. The second-order valence-corrected chi connectivity index (χ2v) is 8.28. The van der Waals surface area contributed by atoms with E-state index in [1.807, 2.05) is 11.0 Å². The summed E-state index contributed by atoms with van der Waals surface area (Å²) in [4.78, 5) is 26.1. The van der Waals surface area contributed by atoms with Gasteiger partial charge in [0.05, 0.1) is 22.1 Å². The molecule has 2 saturated heterocycles. The number of phenolic OH excluding ortho intramolecular Hbond substituents is 1. The van der Waals surface area contributed by atoms with Gasteiger partial charge >= 0.3 is 0 Å². The molecule has 7 heteroatoms. The molecule has 0 unspecified atom stereocenters. The van der Waals surface area contributed by atoms with E-state index in [9.17, 15) is 9.90 Å². The minimum absolute atomic E-state index is 0.0637. The van der Waals surface area contributed by atoms with Crippen LogP contribution >= 0.6 is 11.6 Å². The summed E-state index contributed by atoms with van der Waals surface area (Å²) in [5, 5.41) is 10.6. The monoisotopic (exact) mass is 408 g/mol. The Kier molecular flexibility index (Phi) is 4.32. The third-order valence-electron chi connectivity index (χ3n) is 6.17. The molecule has 2 aliphatic heterocycles. The highest BCUT2D eigenvalue weighted by Gasteiger charge is 2.48. The maximum Gasteiger partial charge on any atom is 0.257 e. The predicted octanol–water partition coefficient (Wildman–Crippen LogP) is 3.87. The van der Waals surface area contributed by atoms with E-state index in [1.165, 1.54) is 6.07 Å². The fraction of sp³-hybridized carbons (Fsp3) is 0.318. The number of fused-ring (bicyclic) bond motifs is 1. The van der Waals surface area contributed by atoms with Crippen molar-refractivity contribution < 1.29 is 9.90 Å². The zero-order chi connectivity index (χ0) is 20.0. The van der Waals surface area contributed by atoms with E-state index in [1.54, 1.807) is 24.5 Å². The summed E-state index contributed by atoms with van der Waals surface area (Å²) in [5.41, 5.74) is 3.11. The summed E-state index contributed by atoms with van der Waals surface area (Å²) >= 11 is 5.91. The number of amides is 1. The molecule has 1 aromatic heterocycles. The van der Waals surface area contributed by atoms with Crippen LogP contribution in [-0.2, 0) is 0 Å². The number of benzene rings is 2. The summed E-state index contributed by atoms with van der Waals surface area (Å²) < 4.78 is 0. The first-order valence-electron chi connectivity index (χ1n) is 9.82. The Morgan fingerprint density at radius 1 is 1.03 bits per heavy atom. The van der Waals surface area contributed by atoms with E-state index >= 15 is 0 Å². The van der Waals surface area contributed by atoms with Crippen LogP contribution in [0, 0.1) is 0 Å². The van der Waals surface area contributed by atoms with E-state index in [0.717, 1.165) is 42.5 Å². The Labute approximate surface area is 173 Å². The van der Waals surface area contributed by atoms with Crippen molar-refractivity contribution in [3.8, 4) is 5.75 Å². The number of phenols is 1. The van der Waals surface area contributed by atoms with Crippen molar-refractivity contribution in [2.75, 3.05) is 24.5 Å².